The number of benzene rings is 1. The minimum absolute atomic E-state index is 0.129. The lowest BCUT2D eigenvalue weighted by atomic mass is 9.63. The number of carboxylic acid groups (broad SMARTS) is 1. The Labute approximate surface area is 154 Å². The van der Waals surface area contributed by atoms with Gasteiger partial charge in [0, 0.05) is 5.56 Å². The Morgan fingerprint density at radius 1 is 1.04 bits per heavy atom. The van der Waals surface area contributed by atoms with Crippen LogP contribution in [-0.4, -0.2) is 21.0 Å². The minimum atomic E-state index is -0.919. The van der Waals surface area contributed by atoms with E-state index in [0.717, 1.165) is 5.56 Å². The van der Waals surface area contributed by atoms with Crippen molar-refractivity contribution in [1.29, 1.82) is 0 Å². The molecule has 4 nitrogen and oxygen atoms in total. The molecule has 134 valence electrons. The molecule has 0 bridgehead atoms. The zero-order valence-electron chi connectivity index (χ0n) is 15.8. The van der Waals surface area contributed by atoms with E-state index in [1.807, 2.05) is 0 Å². The Morgan fingerprint density at radius 2 is 1.73 bits per heavy atom. The van der Waals surface area contributed by atoms with Crippen molar-refractivity contribution in [3.63, 3.8) is 0 Å². The lowest BCUT2D eigenvalue weighted by molar-refractivity contribution is -0.136. The number of hydrogen-bond acceptors (Lipinski definition) is 3. The molecule has 1 aliphatic rings. The number of nitrogens with zero attached hydrogens (tertiary/aromatic N) is 2. The minimum Gasteiger partial charge on any atom is -0.481 e. The molecule has 26 heavy (non-hydrogen) atoms. The van der Waals surface area contributed by atoms with Crippen LogP contribution in [-0.2, 0) is 22.0 Å². The van der Waals surface area contributed by atoms with Gasteiger partial charge in [0.05, 0.1) is 24.5 Å². The first kappa shape index (κ1) is 18.1. The van der Waals surface area contributed by atoms with Crippen molar-refractivity contribution in [1.82, 2.24) is 9.97 Å². The summed E-state index contributed by atoms with van der Waals surface area (Å²) in [6, 6.07) is 6.48. The van der Waals surface area contributed by atoms with E-state index in [4.69, 9.17) is 5.11 Å². The monoisotopic (exact) mass is 348 g/mol. The molecule has 0 fully saturated rings. The Balaban J connectivity index is 1.88. The fourth-order valence-electron chi connectivity index (χ4n) is 3.47. The van der Waals surface area contributed by atoms with Crippen LogP contribution in [0.1, 0.15) is 68.6 Å². The van der Waals surface area contributed by atoms with Gasteiger partial charge in [0.1, 0.15) is 5.69 Å². The highest BCUT2D eigenvalue weighted by molar-refractivity contribution is 5.69. The molecule has 0 amide bonds. The van der Waals surface area contributed by atoms with Gasteiger partial charge in [-0.3, -0.25) is 9.78 Å². The third-order valence-electron chi connectivity index (χ3n) is 5.23. The van der Waals surface area contributed by atoms with E-state index in [0.29, 0.717) is 11.4 Å². The van der Waals surface area contributed by atoms with Crippen LogP contribution in [0.3, 0.4) is 0 Å². The average molecular weight is 348 g/mol. The van der Waals surface area contributed by atoms with Crippen LogP contribution < -0.4 is 0 Å². The zero-order valence-corrected chi connectivity index (χ0v) is 15.8. The van der Waals surface area contributed by atoms with Gasteiger partial charge in [-0.05, 0) is 52.9 Å². The van der Waals surface area contributed by atoms with E-state index >= 15 is 0 Å². The highest BCUT2D eigenvalue weighted by Gasteiger charge is 2.36. The molecule has 1 aromatic carbocycles. The molecule has 3 rings (SSSR count). The Morgan fingerprint density at radius 3 is 2.35 bits per heavy atom. The van der Waals surface area contributed by atoms with Gasteiger partial charge in [-0.25, -0.2) is 4.98 Å². The molecule has 2 aromatic rings. The highest BCUT2D eigenvalue weighted by Crippen LogP contribution is 2.45. The van der Waals surface area contributed by atoms with E-state index in [9.17, 15) is 4.79 Å². The summed E-state index contributed by atoms with van der Waals surface area (Å²) in [5, 5.41) is 8.77. The van der Waals surface area contributed by atoms with Crippen molar-refractivity contribution in [3.8, 4) is 11.8 Å². The smallest absolute Gasteiger partial charge is 0.309 e. The summed E-state index contributed by atoms with van der Waals surface area (Å²) in [5.74, 6) is 5.27. The molecule has 0 spiro atoms. The molecule has 1 heterocycles. The van der Waals surface area contributed by atoms with Gasteiger partial charge in [0.2, 0.25) is 0 Å². The van der Waals surface area contributed by atoms with Gasteiger partial charge in [-0.2, -0.15) is 0 Å². The average Bonchev–Trinajstić information content (AvgIpc) is 2.58. The van der Waals surface area contributed by atoms with Crippen LogP contribution >= 0.6 is 0 Å². The van der Waals surface area contributed by atoms with E-state index in [2.05, 4.69) is 67.7 Å². The van der Waals surface area contributed by atoms with Crippen molar-refractivity contribution in [2.45, 2.75) is 57.8 Å². The van der Waals surface area contributed by atoms with E-state index in [-0.39, 0.29) is 17.3 Å². The normalized spacial score (nSPS) is 16.9. The predicted molar refractivity (Wildman–Crippen MR) is 101 cm³/mol. The maximum atomic E-state index is 10.7. The Kier molecular flexibility index (Phi) is 4.58. The summed E-state index contributed by atoms with van der Waals surface area (Å²) < 4.78 is 0. The van der Waals surface area contributed by atoms with Crippen molar-refractivity contribution in [3.05, 3.63) is 58.7 Å². The molecule has 1 aromatic heterocycles. The first-order chi connectivity index (χ1) is 12.2. The molecule has 0 radical (unpaired) electrons. The van der Waals surface area contributed by atoms with Crippen molar-refractivity contribution >= 4 is 5.97 Å². The first-order valence-electron chi connectivity index (χ1n) is 8.87. The van der Waals surface area contributed by atoms with Crippen molar-refractivity contribution in [2.75, 3.05) is 0 Å². The SMILES string of the molecule is CC1(C)CCC(C)(C)c2cc(C#Cc3cnc(CC(=O)O)cn3)ccc21. The molecule has 0 unspecified atom stereocenters. The van der Waals surface area contributed by atoms with Crippen LogP contribution in [0.25, 0.3) is 0 Å². The molecule has 1 N–H and O–H groups in total. The standard InChI is InChI=1S/C22H24N2O2/c1-21(2)9-10-22(3,4)19-11-15(6-8-18(19)21)5-7-16-13-24-17(14-23-16)12-20(25)26/h6,8,11,13-14H,9-10,12H2,1-4H3,(H,25,26). The van der Waals surface area contributed by atoms with Gasteiger partial charge < -0.3 is 5.11 Å². The third kappa shape index (κ3) is 3.77. The number of hydrogen-bond donors (Lipinski definition) is 1. The lowest BCUT2D eigenvalue weighted by Crippen LogP contribution is -2.33. The quantitative estimate of drug-likeness (QED) is 0.837. The van der Waals surface area contributed by atoms with E-state index < -0.39 is 5.97 Å². The maximum absolute atomic E-state index is 10.7. The van der Waals surface area contributed by atoms with E-state index in [1.165, 1.54) is 36.4 Å². The van der Waals surface area contributed by atoms with Crippen LogP contribution in [0, 0.1) is 11.8 Å². The lowest BCUT2D eigenvalue weighted by Gasteiger charge is -2.41. The predicted octanol–water partition coefficient (Wildman–Crippen LogP) is 3.85. The summed E-state index contributed by atoms with van der Waals surface area (Å²) in [5.41, 5.74) is 5.08. The number of aliphatic carboxylic acids is 1. The fourth-order valence-corrected chi connectivity index (χ4v) is 3.47. The van der Waals surface area contributed by atoms with Crippen molar-refractivity contribution < 1.29 is 9.90 Å². The number of fused-ring (bicyclic) bond motifs is 1. The Bertz CT molecular complexity index is 900. The summed E-state index contributed by atoms with van der Waals surface area (Å²) in [6.45, 7) is 9.21. The molecular formula is C22H24N2O2. The van der Waals surface area contributed by atoms with Crippen molar-refractivity contribution in [2.24, 2.45) is 0 Å². The second-order valence-corrected chi connectivity index (χ2v) is 8.24. The molecule has 4 heteroatoms. The third-order valence-corrected chi connectivity index (χ3v) is 5.23. The summed E-state index contributed by atoms with van der Waals surface area (Å²) >= 11 is 0. The highest BCUT2D eigenvalue weighted by atomic mass is 16.4. The second kappa shape index (κ2) is 6.57. The van der Waals surface area contributed by atoms with E-state index in [1.54, 1.807) is 0 Å². The van der Waals surface area contributed by atoms with Gasteiger partial charge in [0.25, 0.3) is 0 Å². The first-order valence-corrected chi connectivity index (χ1v) is 8.87. The number of carbonyl (C=O) groups is 1. The number of carboxylic acids is 1. The van der Waals surface area contributed by atoms with Crippen LogP contribution in [0.4, 0.5) is 0 Å². The summed E-state index contributed by atoms with van der Waals surface area (Å²) in [7, 11) is 0. The Hall–Kier alpha value is -2.67. The summed E-state index contributed by atoms with van der Waals surface area (Å²) in [4.78, 5) is 19.0. The molecule has 0 saturated carbocycles. The topological polar surface area (TPSA) is 63.1 Å². The molecular weight excluding hydrogens is 324 g/mol. The zero-order chi connectivity index (χ0) is 18.9. The van der Waals surface area contributed by atoms with Gasteiger partial charge in [-0.15, -0.1) is 0 Å². The summed E-state index contributed by atoms with van der Waals surface area (Å²) in [6.07, 6.45) is 5.22. The fraction of sp³-hybridized carbons (Fsp3) is 0.409. The second-order valence-electron chi connectivity index (χ2n) is 8.24. The molecule has 1 aliphatic carbocycles. The molecule has 0 saturated heterocycles. The van der Waals surface area contributed by atoms with Gasteiger partial charge in [0.15, 0.2) is 0 Å². The van der Waals surface area contributed by atoms with Gasteiger partial charge in [-0.1, -0.05) is 39.7 Å². The molecule has 0 atom stereocenters. The molecule has 0 aliphatic heterocycles. The maximum Gasteiger partial charge on any atom is 0.309 e. The van der Waals surface area contributed by atoms with Crippen LogP contribution in [0.15, 0.2) is 30.6 Å². The number of rotatable bonds is 2. The largest absolute Gasteiger partial charge is 0.481 e. The van der Waals surface area contributed by atoms with Gasteiger partial charge >= 0.3 is 5.97 Å². The number of aromatic nitrogens is 2. The van der Waals surface area contributed by atoms with Crippen LogP contribution in [0.5, 0.6) is 0 Å². The van der Waals surface area contributed by atoms with Crippen LogP contribution in [0.2, 0.25) is 0 Å².